The summed E-state index contributed by atoms with van der Waals surface area (Å²) < 4.78 is 69.3. The van der Waals surface area contributed by atoms with E-state index in [-0.39, 0.29) is 23.2 Å². The van der Waals surface area contributed by atoms with Gasteiger partial charge in [-0.1, -0.05) is 18.2 Å². The van der Waals surface area contributed by atoms with E-state index in [1.807, 2.05) is 0 Å². The number of aryl methyl sites for hydroxylation is 1. The molecular weight excluding hydrogens is 349 g/mol. The lowest BCUT2D eigenvalue weighted by atomic mass is 10.1. The van der Waals surface area contributed by atoms with Gasteiger partial charge < -0.3 is 8.92 Å². The van der Waals surface area contributed by atoms with Gasteiger partial charge in [-0.2, -0.15) is 21.6 Å². The number of para-hydroxylation sites is 1. The molecule has 0 atom stereocenters. The standard InChI is InChI=1S/C15H11F3O5S/c1-10-7-12(22-11-5-3-2-4-6-11)8-14(13(10)9-19)23-24(20,21)15(16,17)18/h2-9H,1H3. The molecule has 0 aliphatic heterocycles. The highest BCUT2D eigenvalue weighted by atomic mass is 32.2. The maximum absolute atomic E-state index is 12.5. The van der Waals surface area contributed by atoms with Crippen molar-refractivity contribution in [2.24, 2.45) is 0 Å². The topological polar surface area (TPSA) is 69.7 Å². The van der Waals surface area contributed by atoms with Crippen LogP contribution >= 0.6 is 0 Å². The molecule has 2 rings (SSSR count). The van der Waals surface area contributed by atoms with Crippen LogP contribution in [0.5, 0.6) is 17.2 Å². The van der Waals surface area contributed by atoms with Crippen molar-refractivity contribution < 1.29 is 35.3 Å². The first-order chi connectivity index (χ1) is 11.1. The molecule has 24 heavy (non-hydrogen) atoms. The predicted octanol–water partition coefficient (Wildman–Crippen LogP) is 3.83. The first kappa shape index (κ1) is 17.8. The Morgan fingerprint density at radius 1 is 1.04 bits per heavy atom. The summed E-state index contributed by atoms with van der Waals surface area (Å²) in [5.41, 5.74) is -5.73. The van der Waals surface area contributed by atoms with Crippen LogP contribution in [0, 0.1) is 6.92 Å². The van der Waals surface area contributed by atoms with Crippen molar-refractivity contribution in [3.63, 3.8) is 0 Å². The van der Waals surface area contributed by atoms with Crippen molar-refractivity contribution in [2.45, 2.75) is 12.4 Å². The Hall–Kier alpha value is -2.55. The Morgan fingerprint density at radius 3 is 2.21 bits per heavy atom. The average Bonchev–Trinajstić information content (AvgIpc) is 2.46. The van der Waals surface area contributed by atoms with Gasteiger partial charge >= 0.3 is 15.6 Å². The second-order valence-electron chi connectivity index (χ2n) is 4.67. The third-order valence-electron chi connectivity index (χ3n) is 2.90. The predicted molar refractivity (Wildman–Crippen MR) is 78.7 cm³/mol. The minimum absolute atomic E-state index is 0.0247. The number of halogens is 3. The van der Waals surface area contributed by atoms with E-state index in [4.69, 9.17) is 4.74 Å². The average molecular weight is 360 g/mol. The number of rotatable bonds is 5. The van der Waals surface area contributed by atoms with Gasteiger partial charge in [-0.15, -0.1) is 0 Å². The zero-order chi connectivity index (χ0) is 18.0. The molecule has 0 spiro atoms. The molecule has 0 heterocycles. The van der Waals surface area contributed by atoms with E-state index >= 15 is 0 Å². The van der Waals surface area contributed by atoms with Crippen LogP contribution in [-0.4, -0.2) is 20.2 Å². The summed E-state index contributed by atoms with van der Waals surface area (Å²) in [6.45, 7) is 1.41. The van der Waals surface area contributed by atoms with Crippen LogP contribution in [0.1, 0.15) is 15.9 Å². The quantitative estimate of drug-likeness (QED) is 0.460. The Labute approximate surface area is 135 Å². The van der Waals surface area contributed by atoms with Gasteiger partial charge in [-0.3, -0.25) is 4.79 Å². The SMILES string of the molecule is Cc1cc(Oc2ccccc2)cc(OS(=O)(=O)C(F)(F)F)c1C=O. The molecule has 0 amide bonds. The van der Waals surface area contributed by atoms with Gasteiger partial charge in [0.2, 0.25) is 0 Å². The van der Waals surface area contributed by atoms with Crippen LogP contribution in [-0.2, 0) is 10.1 Å². The molecule has 0 saturated carbocycles. The van der Waals surface area contributed by atoms with Gasteiger partial charge in [-0.25, -0.2) is 0 Å². The number of ether oxygens (including phenoxy) is 1. The monoisotopic (exact) mass is 360 g/mol. The smallest absolute Gasteiger partial charge is 0.457 e. The molecule has 2 aromatic carbocycles. The second kappa shape index (κ2) is 6.52. The van der Waals surface area contributed by atoms with E-state index in [1.54, 1.807) is 30.3 Å². The van der Waals surface area contributed by atoms with Crippen LogP contribution in [0.2, 0.25) is 0 Å². The Morgan fingerprint density at radius 2 is 1.67 bits per heavy atom. The van der Waals surface area contributed by atoms with Crippen molar-refractivity contribution in [2.75, 3.05) is 0 Å². The molecule has 0 aromatic heterocycles. The molecule has 0 aliphatic rings. The van der Waals surface area contributed by atoms with E-state index in [0.717, 1.165) is 6.07 Å². The Kier molecular flexibility index (Phi) is 4.83. The van der Waals surface area contributed by atoms with Crippen molar-refractivity contribution in [3.8, 4) is 17.2 Å². The highest BCUT2D eigenvalue weighted by molar-refractivity contribution is 7.88. The normalized spacial score (nSPS) is 11.8. The molecule has 0 bridgehead atoms. The molecule has 128 valence electrons. The lowest BCUT2D eigenvalue weighted by Gasteiger charge is -2.14. The third kappa shape index (κ3) is 3.85. The van der Waals surface area contributed by atoms with E-state index in [1.165, 1.54) is 13.0 Å². The molecule has 0 saturated heterocycles. The fourth-order valence-corrected chi connectivity index (χ4v) is 2.27. The highest BCUT2D eigenvalue weighted by Crippen LogP contribution is 2.34. The molecule has 0 unspecified atom stereocenters. The Balaban J connectivity index is 2.45. The Bertz CT molecular complexity index is 845. The summed E-state index contributed by atoms with van der Waals surface area (Å²) in [5.74, 6) is -0.356. The van der Waals surface area contributed by atoms with Crippen LogP contribution in [0.15, 0.2) is 42.5 Å². The van der Waals surface area contributed by atoms with Gasteiger partial charge in [0.1, 0.15) is 11.5 Å². The molecule has 0 N–H and O–H groups in total. The summed E-state index contributed by atoms with van der Waals surface area (Å²) in [6.07, 6.45) is 0.211. The minimum atomic E-state index is -5.90. The van der Waals surface area contributed by atoms with Crippen LogP contribution in [0.25, 0.3) is 0 Å². The van der Waals surface area contributed by atoms with Gasteiger partial charge in [-0.05, 0) is 30.7 Å². The number of aldehydes is 1. The van der Waals surface area contributed by atoms with Gasteiger partial charge in [0, 0.05) is 6.07 Å². The maximum Gasteiger partial charge on any atom is 0.534 e. The van der Waals surface area contributed by atoms with Gasteiger partial charge in [0.15, 0.2) is 12.0 Å². The maximum atomic E-state index is 12.5. The number of benzene rings is 2. The third-order valence-corrected chi connectivity index (χ3v) is 3.87. The molecular formula is C15H11F3O5S. The summed E-state index contributed by atoms with van der Waals surface area (Å²) in [4.78, 5) is 11.1. The van der Waals surface area contributed by atoms with Crippen molar-refractivity contribution in [3.05, 3.63) is 53.6 Å². The molecule has 2 aromatic rings. The summed E-state index contributed by atoms with van der Waals surface area (Å²) in [6, 6.07) is 10.6. The number of carbonyl (C=O) groups is 1. The van der Waals surface area contributed by atoms with Crippen molar-refractivity contribution in [1.82, 2.24) is 0 Å². The highest BCUT2D eigenvalue weighted by Gasteiger charge is 2.48. The number of hydrogen-bond donors (Lipinski definition) is 0. The molecule has 5 nitrogen and oxygen atoms in total. The van der Waals surface area contributed by atoms with Crippen LogP contribution < -0.4 is 8.92 Å². The zero-order valence-electron chi connectivity index (χ0n) is 12.2. The number of hydrogen-bond acceptors (Lipinski definition) is 5. The van der Waals surface area contributed by atoms with Gasteiger partial charge in [0.05, 0.1) is 5.56 Å². The summed E-state index contributed by atoms with van der Waals surface area (Å²) in [5, 5.41) is 0. The first-order valence-electron chi connectivity index (χ1n) is 6.47. The number of carbonyl (C=O) groups excluding carboxylic acids is 1. The van der Waals surface area contributed by atoms with Crippen LogP contribution in [0.4, 0.5) is 13.2 Å². The fraction of sp³-hybridized carbons (Fsp3) is 0.133. The second-order valence-corrected chi connectivity index (χ2v) is 6.21. The van der Waals surface area contributed by atoms with E-state index in [0.29, 0.717) is 5.75 Å². The van der Waals surface area contributed by atoms with Crippen molar-refractivity contribution >= 4 is 16.4 Å². The molecule has 0 fully saturated rings. The van der Waals surface area contributed by atoms with Crippen LogP contribution in [0.3, 0.4) is 0 Å². The summed E-state index contributed by atoms with van der Waals surface area (Å²) in [7, 11) is -5.90. The molecule has 0 radical (unpaired) electrons. The fourth-order valence-electron chi connectivity index (χ4n) is 1.80. The largest absolute Gasteiger partial charge is 0.534 e. The summed E-state index contributed by atoms with van der Waals surface area (Å²) >= 11 is 0. The lowest BCUT2D eigenvalue weighted by molar-refractivity contribution is -0.0500. The van der Waals surface area contributed by atoms with E-state index in [2.05, 4.69) is 4.18 Å². The first-order valence-corrected chi connectivity index (χ1v) is 7.88. The van der Waals surface area contributed by atoms with Crippen molar-refractivity contribution in [1.29, 1.82) is 0 Å². The lowest BCUT2D eigenvalue weighted by Crippen LogP contribution is -2.28. The zero-order valence-corrected chi connectivity index (χ0v) is 13.0. The van der Waals surface area contributed by atoms with E-state index in [9.17, 15) is 26.4 Å². The van der Waals surface area contributed by atoms with E-state index < -0.39 is 21.4 Å². The van der Waals surface area contributed by atoms with Gasteiger partial charge in [0.25, 0.3) is 0 Å². The molecule has 0 aliphatic carbocycles. The molecule has 9 heteroatoms. The number of alkyl halides is 3. The minimum Gasteiger partial charge on any atom is -0.457 e.